The van der Waals surface area contributed by atoms with E-state index >= 15 is 0 Å². The molecule has 0 atom stereocenters. The summed E-state index contributed by atoms with van der Waals surface area (Å²) in [6.07, 6.45) is 10.0. The fourth-order valence-electron chi connectivity index (χ4n) is 3.80. The summed E-state index contributed by atoms with van der Waals surface area (Å²) in [5, 5.41) is 1.26. The summed E-state index contributed by atoms with van der Waals surface area (Å²) in [5.41, 5.74) is 3.70. The molecule has 4 nitrogen and oxygen atoms in total. The van der Waals surface area contributed by atoms with Crippen LogP contribution in [0.4, 0.5) is 0 Å². The Hall–Kier alpha value is -1.63. The largest absolute Gasteiger partial charge is 0.339 e. The van der Waals surface area contributed by atoms with Crippen molar-refractivity contribution in [3.8, 4) is 0 Å². The number of sulfone groups is 1. The first-order valence-electron chi connectivity index (χ1n) is 9.18. The number of rotatable bonds is 4. The van der Waals surface area contributed by atoms with Crippen LogP contribution in [0.15, 0.2) is 52.0 Å². The van der Waals surface area contributed by atoms with Crippen molar-refractivity contribution in [2.75, 3.05) is 6.26 Å². The van der Waals surface area contributed by atoms with Gasteiger partial charge in [0.15, 0.2) is 9.84 Å². The number of nitrogens with one attached hydrogen (secondary N) is 1. The lowest BCUT2D eigenvalue weighted by atomic mass is 9.96. The second-order valence-electron chi connectivity index (χ2n) is 7.32. The van der Waals surface area contributed by atoms with Gasteiger partial charge in [0, 0.05) is 33.6 Å². The quantitative estimate of drug-likeness (QED) is 0.499. The Morgan fingerprint density at radius 1 is 1.25 bits per heavy atom. The van der Waals surface area contributed by atoms with Gasteiger partial charge in [-0.15, -0.1) is 0 Å². The van der Waals surface area contributed by atoms with E-state index in [0.717, 1.165) is 32.3 Å². The lowest BCUT2D eigenvalue weighted by Gasteiger charge is -2.12. The third-order valence-electron chi connectivity index (χ3n) is 5.17. The number of hydrogen-bond donors (Lipinski definition) is 1. The number of aromatic nitrogens is 2. The molecule has 0 bridgehead atoms. The molecule has 0 unspecified atom stereocenters. The van der Waals surface area contributed by atoms with Gasteiger partial charge in [-0.3, -0.25) is 0 Å². The number of H-pyrrole nitrogens is 1. The Balaban J connectivity index is 1.85. The zero-order valence-corrected chi connectivity index (χ0v) is 18.5. The maximum absolute atomic E-state index is 11.9. The van der Waals surface area contributed by atoms with Crippen LogP contribution in [-0.4, -0.2) is 24.6 Å². The van der Waals surface area contributed by atoms with Crippen LogP contribution in [0, 0.1) is 5.92 Å². The molecule has 0 radical (unpaired) electrons. The van der Waals surface area contributed by atoms with Crippen LogP contribution in [0.2, 0.25) is 5.02 Å². The molecule has 7 heteroatoms. The Morgan fingerprint density at radius 3 is 2.68 bits per heavy atom. The number of fused-ring (bicyclic) bond motifs is 1. The van der Waals surface area contributed by atoms with E-state index in [-0.39, 0.29) is 9.92 Å². The highest BCUT2D eigenvalue weighted by atomic mass is 79.9. The van der Waals surface area contributed by atoms with Crippen LogP contribution in [-0.2, 0) is 9.84 Å². The topological polar surface area (TPSA) is 62.8 Å². The third-order valence-corrected chi connectivity index (χ3v) is 7.18. The Kier molecular flexibility index (Phi) is 5.38. The lowest BCUT2D eigenvalue weighted by molar-refractivity contribution is 0.602. The molecule has 1 saturated carbocycles. The van der Waals surface area contributed by atoms with Crippen LogP contribution >= 0.6 is 27.5 Å². The number of pyridine rings is 1. The summed E-state index contributed by atoms with van der Waals surface area (Å²) < 4.78 is 24.8. The molecule has 1 N–H and O–H groups in total. The number of aromatic amines is 1. The average Bonchev–Trinajstić information content (AvgIpc) is 3.27. The van der Waals surface area contributed by atoms with E-state index in [1.807, 2.05) is 12.1 Å². The smallest absolute Gasteiger partial charge is 0.176 e. The van der Waals surface area contributed by atoms with E-state index in [0.29, 0.717) is 5.92 Å². The number of allylic oxidation sites excluding steroid dienone is 1. The predicted octanol–water partition coefficient (Wildman–Crippen LogP) is 6.00. The lowest BCUT2D eigenvalue weighted by Crippen LogP contribution is -2.00. The SMILES string of the molecule is CS(=O)(=O)c1ccc(/C(=C/C2CCCC2)c2cc3cc(Br)cnc3[nH]2)cc1Cl. The van der Waals surface area contributed by atoms with E-state index in [2.05, 4.69) is 38.0 Å². The Morgan fingerprint density at radius 2 is 2.00 bits per heavy atom. The van der Waals surface area contributed by atoms with Gasteiger partial charge in [0.25, 0.3) is 0 Å². The van der Waals surface area contributed by atoms with Gasteiger partial charge in [0.05, 0.1) is 9.92 Å². The monoisotopic (exact) mass is 478 g/mol. The minimum Gasteiger partial charge on any atom is -0.339 e. The summed E-state index contributed by atoms with van der Waals surface area (Å²) in [6.45, 7) is 0. The van der Waals surface area contributed by atoms with E-state index in [4.69, 9.17) is 11.6 Å². The summed E-state index contributed by atoms with van der Waals surface area (Å²) in [7, 11) is -3.36. The van der Waals surface area contributed by atoms with Crippen LogP contribution in [0.1, 0.15) is 36.9 Å². The molecule has 0 spiro atoms. The first-order chi connectivity index (χ1) is 13.3. The second-order valence-corrected chi connectivity index (χ2v) is 10.6. The molecule has 2 aromatic heterocycles. The van der Waals surface area contributed by atoms with Crippen molar-refractivity contribution in [3.05, 3.63) is 63.4 Å². The van der Waals surface area contributed by atoms with Crippen molar-refractivity contribution >= 4 is 54.0 Å². The van der Waals surface area contributed by atoms with E-state index in [9.17, 15) is 8.42 Å². The zero-order chi connectivity index (χ0) is 19.9. The predicted molar refractivity (Wildman–Crippen MR) is 117 cm³/mol. The van der Waals surface area contributed by atoms with E-state index < -0.39 is 9.84 Å². The summed E-state index contributed by atoms with van der Waals surface area (Å²) in [4.78, 5) is 7.99. The van der Waals surface area contributed by atoms with Crippen molar-refractivity contribution in [2.45, 2.75) is 30.6 Å². The number of halogens is 2. The Bertz CT molecular complexity index is 1180. The van der Waals surface area contributed by atoms with Gasteiger partial charge in [-0.2, -0.15) is 0 Å². The fraction of sp³-hybridized carbons (Fsp3) is 0.286. The zero-order valence-electron chi connectivity index (χ0n) is 15.4. The van der Waals surface area contributed by atoms with Gasteiger partial charge < -0.3 is 4.98 Å². The molecule has 0 aliphatic heterocycles. The molecule has 1 fully saturated rings. The van der Waals surface area contributed by atoms with Crippen LogP contribution in [0.25, 0.3) is 16.6 Å². The van der Waals surface area contributed by atoms with Crippen molar-refractivity contribution in [1.29, 1.82) is 0 Å². The second kappa shape index (κ2) is 7.65. The molecule has 28 heavy (non-hydrogen) atoms. The molecule has 0 amide bonds. The molecule has 0 saturated heterocycles. The van der Waals surface area contributed by atoms with Gasteiger partial charge in [-0.25, -0.2) is 13.4 Å². The van der Waals surface area contributed by atoms with Crippen molar-refractivity contribution in [3.63, 3.8) is 0 Å². The molecule has 1 aliphatic rings. The maximum Gasteiger partial charge on any atom is 0.176 e. The highest BCUT2D eigenvalue weighted by Gasteiger charge is 2.19. The molecular formula is C21H20BrClN2O2S. The molecule has 1 aromatic carbocycles. The number of nitrogens with zero attached hydrogens (tertiary/aromatic N) is 1. The normalized spacial score (nSPS) is 16.2. The van der Waals surface area contributed by atoms with Crippen molar-refractivity contribution in [2.24, 2.45) is 5.92 Å². The first-order valence-corrected chi connectivity index (χ1v) is 12.2. The van der Waals surface area contributed by atoms with Crippen molar-refractivity contribution in [1.82, 2.24) is 9.97 Å². The average molecular weight is 480 g/mol. The summed E-state index contributed by atoms with van der Waals surface area (Å²) in [6, 6.07) is 9.26. The molecule has 2 heterocycles. The van der Waals surface area contributed by atoms with Crippen molar-refractivity contribution < 1.29 is 8.42 Å². The van der Waals surface area contributed by atoms with E-state index in [1.165, 1.54) is 31.9 Å². The minimum atomic E-state index is -3.36. The van der Waals surface area contributed by atoms with Gasteiger partial charge in [0.1, 0.15) is 5.65 Å². The van der Waals surface area contributed by atoms with Crippen LogP contribution in [0.3, 0.4) is 0 Å². The molecule has 146 valence electrons. The van der Waals surface area contributed by atoms with Gasteiger partial charge in [-0.05, 0) is 64.5 Å². The highest BCUT2D eigenvalue weighted by Crippen LogP contribution is 2.35. The first kappa shape index (κ1) is 19.7. The van der Waals surface area contributed by atoms with Gasteiger partial charge in [0.2, 0.25) is 0 Å². The summed E-state index contributed by atoms with van der Waals surface area (Å²) in [5.74, 6) is 0.509. The maximum atomic E-state index is 11.9. The fourth-order valence-corrected chi connectivity index (χ4v) is 5.48. The Labute approximate surface area is 178 Å². The van der Waals surface area contributed by atoms with Gasteiger partial charge in [-0.1, -0.05) is 36.6 Å². The number of benzene rings is 1. The summed E-state index contributed by atoms with van der Waals surface area (Å²) >= 11 is 9.79. The molecule has 3 aromatic rings. The molecule has 1 aliphatic carbocycles. The molecule has 4 rings (SSSR count). The van der Waals surface area contributed by atoms with E-state index in [1.54, 1.807) is 18.3 Å². The standard InChI is InChI=1S/C21H20BrClN2O2S/c1-28(26,27)20-7-6-14(10-18(20)23)17(8-13-4-2-3-5-13)19-11-15-9-16(22)12-24-21(15)25-19/h6-13H,2-5H2,1H3,(H,24,25)/b17-8-. The van der Waals surface area contributed by atoms with Gasteiger partial charge >= 0.3 is 0 Å². The number of hydrogen-bond acceptors (Lipinski definition) is 3. The van der Waals surface area contributed by atoms with Crippen LogP contribution in [0.5, 0.6) is 0 Å². The third kappa shape index (κ3) is 4.04. The minimum absolute atomic E-state index is 0.153. The highest BCUT2D eigenvalue weighted by molar-refractivity contribution is 9.10. The molecular weight excluding hydrogens is 460 g/mol. The van der Waals surface area contributed by atoms with Crippen LogP contribution < -0.4 is 0 Å².